The van der Waals surface area contributed by atoms with Gasteiger partial charge in [0.2, 0.25) is 0 Å². The lowest BCUT2D eigenvalue weighted by Crippen LogP contribution is -2.30. The lowest BCUT2D eigenvalue weighted by atomic mass is 9.96. The minimum Gasteiger partial charge on any atom is -0.454 e. The molecule has 2 aromatic rings. The molecule has 3 rings (SSSR count). The third kappa shape index (κ3) is 3.15. The van der Waals surface area contributed by atoms with Crippen molar-refractivity contribution < 1.29 is 14.3 Å². The van der Waals surface area contributed by atoms with Crippen LogP contribution in [0.1, 0.15) is 37.7 Å². The second-order valence-corrected chi connectivity index (χ2v) is 5.55. The molecular weight excluding hydrogens is 266 g/mol. The monoisotopic (exact) mass is 285 g/mol. The maximum atomic E-state index is 11.9. The molecule has 0 aliphatic heterocycles. The minimum absolute atomic E-state index is 0.0710. The van der Waals surface area contributed by atoms with Gasteiger partial charge in [0.1, 0.15) is 0 Å². The van der Waals surface area contributed by atoms with E-state index in [0.717, 1.165) is 29.3 Å². The number of fused-ring (bicyclic) bond motifs is 1. The summed E-state index contributed by atoms with van der Waals surface area (Å²) in [5.41, 5.74) is 2.18. The van der Waals surface area contributed by atoms with Crippen LogP contribution >= 0.6 is 0 Å². The first-order valence-electron chi connectivity index (χ1n) is 7.51. The van der Waals surface area contributed by atoms with Crippen molar-refractivity contribution in [2.75, 3.05) is 0 Å². The Morgan fingerprint density at radius 1 is 1.29 bits per heavy atom. The standard InChI is InChI=1S/C17H19NO3/c19-15-7-3-4-8-16(15)21-17(20)10-9-12-11-18-14-6-2-1-5-13(12)14/h1-2,5-6,11,16,18H,3-4,7-10H2/t16-/m1/s1. The summed E-state index contributed by atoms with van der Waals surface area (Å²) >= 11 is 0. The predicted octanol–water partition coefficient (Wildman–Crippen LogP) is 3.16. The summed E-state index contributed by atoms with van der Waals surface area (Å²) in [6, 6.07) is 8.01. The molecule has 0 bridgehead atoms. The smallest absolute Gasteiger partial charge is 0.306 e. The van der Waals surface area contributed by atoms with Crippen molar-refractivity contribution in [3.63, 3.8) is 0 Å². The molecule has 1 atom stereocenters. The van der Waals surface area contributed by atoms with E-state index in [9.17, 15) is 9.59 Å². The molecule has 1 aliphatic carbocycles. The van der Waals surface area contributed by atoms with Gasteiger partial charge in [-0.3, -0.25) is 9.59 Å². The summed E-state index contributed by atoms with van der Waals surface area (Å²) in [6.07, 6.45) is 5.47. The molecule has 1 aromatic carbocycles. The lowest BCUT2D eigenvalue weighted by molar-refractivity contribution is -0.156. The van der Waals surface area contributed by atoms with E-state index in [0.29, 0.717) is 25.7 Å². The summed E-state index contributed by atoms with van der Waals surface area (Å²) in [4.78, 5) is 26.8. The van der Waals surface area contributed by atoms with Crippen molar-refractivity contribution >= 4 is 22.7 Å². The number of hydrogen-bond acceptors (Lipinski definition) is 3. The largest absolute Gasteiger partial charge is 0.454 e. The molecule has 0 amide bonds. The van der Waals surface area contributed by atoms with Gasteiger partial charge in [-0.05, 0) is 37.3 Å². The molecule has 1 N–H and O–H groups in total. The second-order valence-electron chi connectivity index (χ2n) is 5.55. The maximum Gasteiger partial charge on any atom is 0.306 e. The zero-order chi connectivity index (χ0) is 14.7. The first-order valence-corrected chi connectivity index (χ1v) is 7.51. The number of H-pyrrole nitrogens is 1. The van der Waals surface area contributed by atoms with Gasteiger partial charge in [-0.15, -0.1) is 0 Å². The number of carbonyl (C=O) groups excluding carboxylic acids is 2. The van der Waals surface area contributed by atoms with Crippen molar-refractivity contribution in [1.82, 2.24) is 4.98 Å². The van der Waals surface area contributed by atoms with E-state index in [2.05, 4.69) is 4.98 Å². The number of aromatic amines is 1. The average Bonchev–Trinajstić information content (AvgIpc) is 2.91. The minimum atomic E-state index is -0.505. The van der Waals surface area contributed by atoms with E-state index in [-0.39, 0.29) is 11.8 Å². The number of ketones is 1. The molecular formula is C17H19NO3. The third-order valence-electron chi connectivity index (χ3n) is 4.05. The van der Waals surface area contributed by atoms with Crippen molar-refractivity contribution in [3.05, 3.63) is 36.0 Å². The highest BCUT2D eigenvalue weighted by Crippen LogP contribution is 2.21. The van der Waals surface area contributed by atoms with Gasteiger partial charge >= 0.3 is 5.97 Å². The van der Waals surface area contributed by atoms with Gasteiger partial charge in [-0.25, -0.2) is 0 Å². The Balaban J connectivity index is 1.57. The molecule has 1 fully saturated rings. The average molecular weight is 285 g/mol. The lowest BCUT2D eigenvalue weighted by Gasteiger charge is -2.20. The van der Waals surface area contributed by atoms with Crippen LogP contribution in [-0.2, 0) is 20.7 Å². The molecule has 0 saturated heterocycles. The van der Waals surface area contributed by atoms with Gasteiger partial charge in [0.25, 0.3) is 0 Å². The van der Waals surface area contributed by atoms with E-state index < -0.39 is 6.10 Å². The number of Topliss-reactive ketones (excluding diaryl/α,β-unsaturated/α-hetero) is 1. The number of hydrogen-bond donors (Lipinski definition) is 1. The SMILES string of the molecule is O=C(CCc1c[nH]c2ccccc12)O[C@@H]1CCCCC1=O. The van der Waals surface area contributed by atoms with Crippen LogP contribution in [0.4, 0.5) is 0 Å². The number of esters is 1. The van der Waals surface area contributed by atoms with E-state index in [4.69, 9.17) is 4.74 Å². The Bertz CT molecular complexity index is 659. The zero-order valence-corrected chi connectivity index (χ0v) is 11.9. The van der Waals surface area contributed by atoms with E-state index >= 15 is 0 Å². The number of para-hydroxylation sites is 1. The van der Waals surface area contributed by atoms with Crippen LogP contribution in [0, 0.1) is 0 Å². The van der Waals surface area contributed by atoms with Crippen molar-refractivity contribution in [1.29, 1.82) is 0 Å². The second kappa shape index (κ2) is 6.12. The van der Waals surface area contributed by atoms with Crippen LogP contribution in [0.5, 0.6) is 0 Å². The number of aryl methyl sites for hydroxylation is 1. The summed E-state index contributed by atoms with van der Waals surface area (Å²) < 4.78 is 5.32. The molecule has 21 heavy (non-hydrogen) atoms. The Morgan fingerprint density at radius 2 is 2.14 bits per heavy atom. The van der Waals surface area contributed by atoms with Gasteiger partial charge in [0.15, 0.2) is 11.9 Å². The molecule has 4 heteroatoms. The van der Waals surface area contributed by atoms with Gasteiger partial charge in [0, 0.05) is 29.9 Å². The Morgan fingerprint density at radius 3 is 3.00 bits per heavy atom. The molecule has 1 saturated carbocycles. The molecule has 1 aliphatic rings. The van der Waals surface area contributed by atoms with Gasteiger partial charge in [-0.1, -0.05) is 18.2 Å². The van der Waals surface area contributed by atoms with E-state index in [1.807, 2.05) is 30.5 Å². The van der Waals surface area contributed by atoms with Crippen LogP contribution in [0.25, 0.3) is 10.9 Å². The van der Waals surface area contributed by atoms with Gasteiger partial charge in [0.05, 0.1) is 0 Å². The first kappa shape index (κ1) is 13.9. The van der Waals surface area contributed by atoms with Gasteiger partial charge < -0.3 is 9.72 Å². The summed E-state index contributed by atoms with van der Waals surface area (Å²) in [7, 11) is 0. The first-order chi connectivity index (χ1) is 10.2. The predicted molar refractivity (Wildman–Crippen MR) is 80.0 cm³/mol. The van der Waals surface area contributed by atoms with E-state index in [1.165, 1.54) is 0 Å². The fourth-order valence-corrected chi connectivity index (χ4v) is 2.87. The molecule has 110 valence electrons. The summed E-state index contributed by atoms with van der Waals surface area (Å²) in [5, 5.41) is 1.14. The number of ether oxygens (including phenoxy) is 1. The quantitative estimate of drug-likeness (QED) is 0.878. The highest BCUT2D eigenvalue weighted by molar-refractivity contribution is 5.86. The number of rotatable bonds is 4. The summed E-state index contributed by atoms with van der Waals surface area (Å²) in [6.45, 7) is 0. The highest BCUT2D eigenvalue weighted by Gasteiger charge is 2.25. The third-order valence-corrected chi connectivity index (χ3v) is 4.05. The van der Waals surface area contributed by atoms with Crippen molar-refractivity contribution in [2.45, 2.75) is 44.6 Å². The molecule has 1 aromatic heterocycles. The molecule has 4 nitrogen and oxygen atoms in total. The molecule has 0 unspecified atom stereocenters. The topological polar surface area (TPSA) is 59.2 Å². The van der Waals surface area contributed by atoms with Crippen LogP contribution in [0.2, 0.25) is 0 Å². The van der Waals surface area contributed by atoms with Crippen LogP contribution in [0.3, 0.4) is 0 Å². The fraction of sp³-hybridized carbons (Fsp3) is 0.412. The zero-order valence-electron chi connectivity index (χ0n) is 11.9. The van der Waals surface area contributed by atoms with Crippen LogP contribution in [0.15, 0.2) is 30.5 Å². The van der Waals surface area contributed by atoms with Crippen molar-refractivity contribution in [3.8, 4) is 0 Å². The van der Waals surface area contributed by atoms with E-state index in [1.54, 1.807) is 0 Å². The Hall–Kier alpha value is -2.10. The van der Waals surface area contributed by atoms with Crippen LogP contribution < -0.4 is 0 Å². The fourth-order valence-electron chi connectivity index (χ4n) is 2.87. The molecule has 0 spiro atoms. The van der Waals surface area contributed by atoms with Gasteiger partial charge in [-0.2, -0.15) is 0 Å². The molecule has 0 radical (unpaired) electrons. The number of nitrogens with one attached hydrogen (secondary N) is 1. The maximum absolute atomic E-state index is 11.9. The number of aromatic nitrogens is 1. The normalized spacial score (nSPS) is 18.9. The summed E-state index contributed by atoms with van der Waals surface area (Å²) in [5.74, 6) is -0.206. The van der Waals surface area contributed by atoms with Crippen molar-refractivity contribution in [2.24, 2.45) is 0 Å². The Kier molecular flexibility index (Phi) is 4.04. The Labute approximate surface area is 123 Å². The van der Waals surface area contributed by atoms with Crippen LogP contribution in [-0.4, -0.2) is 22.8 Å². The highest BCUT2D eigenvalue weighted by atomic mass is 16.5. The molecule has 1 heterocycles. The number of carbonyl (C=O) groups is 2. The number of benzene rings is 1.